The minimum atomic E-state index is 0.168. The van der Waals surface area contributed by atoms with Crippen LogP contribution in [0, 0.1) is 5.41 Å². The maximum atomic E-state index is 11.6. The molecule has 0 spiro atoms. The lowest BCUT2D eigenvalue weighted by atomic mass is 9.87. The first kappa shape index (κ1) is 10.9. The van der Waals surface area contributed by atoms with Gasteiger partial charge in [0.25, 0.3) is 0 Å². The van der Waals surface area contributed by atoms with Gasteiger partial charge >= 0.3 is 0 Å². The zero-order valence-corrected chi connectivity index (χ0v) is 9.81. The van der Waals surface area contributed by atoms with Crippen LogP contribution >= 0.6 is 0 Å². The van der Waals surface area contributed by atoms with Crippen LogP contribution in [0.1, 0.15) is 46.0 Å². The monoisotopic (exact) mass is 210 g/mol. The van der Waals surface area contributed by atoms with Crippen LogP contribution in [0.4, 0.5) is 0 Å². The van der Waals surface area contributed by atoms with Gasteiger partial charge in [-0.05, 0) is 31.1 Å². The van der Waals surface area contributed by atoms with Crippen molar-refractivity contribution in [2.75, 3.05) is 6.54 Å². The average Bonchev–Trinajstić information content (AvgIpc) is 2.91. The van der Waals surface area contributed by atoms with E-state index >= 15 is 0 Å². The molecule has 2 saturated carbocycles. The molecule has 2 fully saturated rings. The minimum Gasteiger partial charge on any atom is -0.352 e. The molecule has 86 valence electrons. The highest BCUT2D eigenvalue weighted by Crippen LogP contribution is 2.37. The van der Waals surface area contributed by atoms with E-state index in [-0.39, 0.29) is 11.3 Å². The molecule has 0 radical (unpaired) electrons. The summed E-state index contributed by atoms with van der Waals surface area (Å²) < 4.78 is 0. The van der Waals surface area contributed by atoms with Crippen molar-refractivity contribution in [3.8, 4) is 0 Å². The van der Waals surface area contributed by atoms with Crippen LogP contribution < -0.4 is 10.6 Å². The summed E-state index contributed by atoms with van der Waals surface area (Å²) >= 11 is 0. The third-order valence-electron chi connectivity index (χ3n) is 3.72. The molecule has 0 aromatic rings. The maximum Gasteiger partial charge on any atom is 0.234 e. The molecule has 3 nitrogen and oxygen atoms in total. The zero-order chi connectivity index (χ0) is 10.9. The Bertz CT molecular complexity index is 246. The van der Waals surface area contributed by atoms with Gasteiger partial charge in [0.05, 0.1) is 6.54 Å². The molecule has 0 saturated heterocycles. The standard InChI is InChI=1S/C12H22N2O/c1-12(2)7-3-4-10(12)14-11(15)8-13-9-5-6-9/h9-10,13H,3-8H2,1-2H3,(H,14,15). The van der Waals surface area contributed by atoms with Crippen LogP contribution in [-0.4, -0.2) is 24.5 Å². The number of hydrogen-bond donors (Lipinski definition) is 2. The van der Waals surface area contributed by atoms with Crippen LogP contribution in [0.3, 0.4) is 0 Å². The molecule has 15 heavy (non-hydrogen) atoms. The number of rotatable bonds is 4. The molecule has 2 aliphatic carbocycles. The van der Waals surface area contributed by atoms with Gasteiger partial charge in [-0.25, -0.2) is 0 Å². The fourth-order valence-corrected chi connectivity index (χ4v) is 2.36. The third-order valence-corrected chi connectivity index (χ3v) is 3.72. The van der Waals surface area contributed by atoms with Crippen LogP contribution in [0.15, 0.2) is 0 Å². The Kier molecular flexibility index (Phi) is 3.01. The van der Waals surface area contributed by atoms with Crippen molar-refractivity contribution in [3.63, 3.8) is 0 Å². The number of carbonyl (C=O) groups is 1. The Morgan fingerprint density at radius 1 is 1.33 bits per heavy atom. The van der Waals surface area contributed by atoms with Gasteiger partial charge in [-0.1, -0.05) is 20.3 Å². The smallest absolute Gasteiger partial charge is 0.234 e. The Hall–Kier alpha value is -0.570. The summed E-state index contributed by atoms with van der Waals surface area (Å²) in [5.74, 6) is 0.168. The van der Waals surface area contributed by atoms with Gasteiger partial charge in [-0.2, -0.15) is 0 Å². The third kappa shape index (κ3) is 2.94. The summed E-state index contributed by atoms with van der Waals surface area (Å²) in [5, 5.41) is 6.40. The van der Waals surface area contributed by atoms with E-state index in [1.165, 1.54) is 25.7 Å². The van der Waals surface area contributed by atoms with E-state index in [1.54, 1.807) is 0 Å². The Morgan fingerprint density at radius 3 is 2.60 bits per heavy atom. The first-order valence-corrected chi connectivity index (χ1v) is 6.11. The van der Waals surface area contributed by atoms with Crippen LogP contribution in [0.25, 0.3) is 0 Å². The van der Waals surface area contributed by atoms with Crippen molar-refractivity contribution in [2.24, 2.45) is 5.41 Å². The molecule has 2 rings (SSSR count). The minimum absolute atomic E-state index is 0.168. The predicted molar refractivity (Wildman–Crippen MR) is 60.6 cm³/mol. The second-order valence-corrected chi connectivity index (χ2v) is 5.66. The van der Waals surface area contributed by atoms with Gasteiger partial charge in [0.15, 0.2) is 0 Å². The number of hydrogen-bond acceptors (Lipinski definition) is 2. The molecule has 0 aliphatic heterocycles. The molecule has 0 aromatic carbocycles. The average molecular weight is 210 g/mol. The molecule has 0 aromatic heterocycles. The molecule has 1 unspecified atom stereocenters. The molecule has 3 heteroatoms. The van der Waals surface area contributed by atoms with Crippen molar-refractivity contribution in [3.05, 3.63) is 0 Å². The Labute approximate surface area is 92.0 Å². The van der Waals surface area contributed by atoms with Gasteiger partial charge in [0.1, 0.15) is 0 Å². The number of nitrogens with one attached hydrogen (secondary N) is 2. The van der Waals surface area contributed by atoms with E-state index in [9.17, 15) is 4.79 Å². The predicted octanol–water partition coefficient (Wildman–Crippen LogP) is 1.43. The van der Waals surface area contributed by atoms with E-state index in [2.05, 4.69) is 24.5 Å². The van der Waals surface area contributed by atoms with Gasteiger partial charge in [-0.15, -0.1) is 0 Å². The van der Waals surface area contributed by atoms with Gasteiger partial charge in [-0.3, -0.25) is 4.79 Å². The summed E-state index contributed by atoms with van der Waals surface area (Å²) in [4.78, 5) is 11.6. The van der Waals surface area contributed by atoms with Crippen molar-refractivity contribution in [1.29, 1.82) is 0 Å². The Morgan fingerprint density at radius 2 is 2.07 bits per heavy atom. The SMILES string of the molecule is CC1(C)CCCC1NC(=O)CNC1CC1. The molecule has 0 bridgehead atoms. The zero-order valence-electron chi connectivity index (χ0n) is 9.81. The summed E-state index contributed by atoms with van der Waals surface area (Å²) in [5.41, 5.74) is 0.287. The van der Waals surface area contributed by atoms with E-state index in [0.29, 0.717) is 18.6 Å². The number of carbonyl (C=O) groups excluding carboxylic acids is 1. The highest BCUT2D eigenvalue weighted by molar-refractivity contribution is 5.78. The van der Waals surface area contributed by atoms with E-state index in [0.717, 1.165) is 6.42 Å². The highest BCUT2D eigenvalue weighted by Gasteiger charge is 2.35. The van der Waals surface area contributed by atoms with E-state index in [1.807, 2.05) is 0 Å². The van der Waals surface area contributed by atoms with Crippen molar-refractivity contribution in [2.45, 2.75) is 58.0 Å². The van der Waals surface area contributed by atoms with Gasteiger partial charge in [0, 0.05) is 12.1 Å². The van der Waals surface area contributed by atoms with Crippen LogP contribution in [0.2, 0.25) is 0 Å². The van der Waals surface area contributed by atoms with Crippen LogP contribution in [0.5, 0.6) is 0 Å². The normalized spacial score (nSPS) is 29.1. The topological polar surface area (TPSA) is 41.1 Å². The highest BCUT2D eigenvalue weighted by atomic mass is 16.2. The second-order valence-electron chi connectivity index (χ2n) is 5.66. The lowest BCUT2D eigenvalue weighted by Gasteiger charge is -2.27. The summed E-state index contributed by atoms with van der Waals surface area (Å²) in [6.07, 6.45) is 6.09. The van der Waals surface area contributed by atoms with E-state index in [4.69, 9.17) is 0 Å². The first-order valence-electron chi connectivity index (χ1n) is 6.11. The molecule has 2 N–H and O–H groups in total. The fourth-order valence-electron chi connectivity index (χ4n) is 2.36. The van der Waals surface area contributed by atoms with Crippen molar-refractivity contribution >= 4 is 5.91 Å². The summed E-state index contributed by atoms with van der Waals surface area (Å²) in [7, 11) is 0. The fraction of sp³-hybridized carbons (Fsp3) is 0.917. The lowest BCUT2D eigenvalue weighted by Crippen LogP contribution is -2.45. The largest absolute Gasteiger partial charge is 0.352 e. The van der Waals surface area contributed by atoms with Crippen molar-refractivity contribution in [1.82, 2.24) is 10.6 Å². The van der Waals surface area contributed by atoms with Gasteiger partial charge in [0.2, 0.25) is 5.91 Å². The van der Waals surface area contributed by atoms with Crippen LogP contribution in [-0.2, 0) is 4.79 Å². The quantitative estimate of drug-likeness (QED) is 0.737. The second kappa shape index (κ2) is 4.12. The molecule has 1 atom stereocenters. The molecular formula is C12H22N2O. The molecular weight excluding hydrogens is 188 g/mol. The van der Waals surface area contributed by atoms with Gasteiger partial charge < -0.3 is 10.6 Å². The van der Waals surface area contributed by atoms with Crippen molar-refractivity contribution < 1.29 is 4.79 Å². The summed E-state index contributed by atoms with van der Waals surface area (Å²) in [6, 6.07) is 0.998. The Balaban J connectivity index is 1.72. The number of amides is 1. The molecule has 2 aliphatic rings. The molecule has 0 heterocycles. The molecule has 1 amide bonds. The van der Waals surface area contributed by atoms with E-state index < -0.39 is 0 Å². The lowest BCUT2D eigenvalue weighted by molar-refractivity contribution is -0.121. The maximum absolute atomic E-state index is 11.6. The first-order chi connectivity index (χ1) is 7.08. The summed E-state index contributed by atoms with van der Waals surface area (Å²) in [6.45, 7) is 5.00.